The summed E-state index contributed by atoms with van der Waals surface area (Å²) < 4.78 is 9.34. The number of rotatable bonds is 5. The maximum absolute atomic E-state index is 10.9. The number of benzene rings is 1. The quantitative estimate of drug-likeness (QED) is 0.732. The minimum absolute atomic E-state index is 0.601. The second-order valence-electron chi connectivity index (χ2n) is 5.46. The minimum atomic E-state index is -0.986. The van der Waals surface area contributed by atoms with E-state index in [1.54, 1.807) is 10.8 Å². The van der Waals surface area contributed by atoms with E-state index in [1.807, 2.05) is 55.9 Å². The summed E-state index contributed by atoms with van der Waals surface area (Å²) in [6.07, 6.45) is 4.66. The molecule has 0 aliphatic heterocycles. The van der Waals surface area contributed by atoms with Gasteiger partial charge in [-0.1, -0.05) is 0 Å². The largest absolute Gasteiger partial charge is 0.494 e. The Morgan fingerprint density at radius 3 is 2.88 bits per heavy atom. The van der Waals surface area contributed by atoms with Crippen molar-refractivity contribution in [3.05, 3.63) is 47.8 Å². The zero-order valence-electron chi connectivity index (χ0n) is 13.9. The first-order valence-electron chi connectivity index (χ1n) is 7.70. The van der Waals surface area contributed by atoms with Crippen molar-refractivity contribution in [3.8, 4) is 11.6 Å². The van der Waals surface area contributed by atoms with Crippen LogP contribution in [-0.4, -0.2) is 32.0 Å². The second kappa shape index (κ2) is 6.23. The van der Waals surface area contributed by atoms with Crippen LogP contribution in [-0.2, 0) is 11.8 Å². The first-order valence-corrected chi connectivity index (χ1v) is 7.70. The fourth-order valence-corrected chi connectivity index (χ4v) is 2.85. The standard InChI is InChI=1S/C18H19N3O3/c1-4-24-14-6-5-13-9-10-21(16(13)11-14)18-15(7-8-17(22)23)12(2)19-20(18)3/h5-11H,4H2,1-3H3,(H,22,23)/b8-7+. The fourth-order valence-electron chi connectivity index (χ4n) is 2.85. The minimum Gasteiger partial charge on any atom is -0.494 e. The molecule has 6 nitrogen and oxygen atoms in total. The molecule has 1 aromatic carbocycles. The molecule has 0 spiro atoms. The van der Waals surface area contributed by atoms with Crippen LogP contribution in [0.25, 0.3) is 22.8 Å². The maximum Gasteiger partial charge on any atom is 0.328 e. The molecule has 6 heteroatoms. The number of hydrogen-bond acceptors (Lipinski definition) is 3. The lowest BCUT2D eigenvalue weighted by atomic mass is 10.2. The number of aromatic nitrogens is 3. The Hall–Kier alpha value is -3.02. The van der Waals surface area contributed by atoms with Gasteiger partial charge in [-0.2, -0.15) is 5.10 Å². The van der Waals surface area contributed by atoms with E-state index in [0.29, 0.717) is 6.61 Å². The highest BCUT2D eigenvalue weighted by atomic mass is 16.5. The zero-order valence-corrected chi connectivity index (χ0v) is 13.9. The molecule has 0 aliphatic rings. The molecule has 0 atom stereocenters. The number of fused-ring (bicyclic) bond motifs is 1. The third-order valence-corrected chi connectivity index (χ3v) is 3.83. The Morgan fingerprint density at radius 2 is 2.17 bits per heavy atom. The lowest BCUT2D eigenvalue weighted by Gasteiger charge is -2.09. The first-order chi connectivity index (χ1) is 11.5. The number of hydrogen-bond donors (Lipinski definition) is 1. The first kappa shape index (κ1) is 15.9. The summed E-state index contributed by atoms with van der Waals surface area (Å²) in [6.45, 7) is 4.41. The monoisotopic (exact) mass is 325 g/mol. The van der Waals surface area contributed by atoms with Crippen LogP contribution >= 0.6 is 0 Å². The van der Waals surface area contributed by atoms with Gasteiger partial charge in [0.25, 0.3) is 0 Å². The summed E-state index contributed by atoms with van der Waals surface area (Å²) in [4.78, 5) is 10.9. The summed E-state index contributed by atoms with van der Waals surface area (Å²) in [5.74, 6) is 0.625. The molecule has 0 unspecified atom stereocenters. The number of nitrogens with zero attached hydrogens (tertiary/aromatic N) is 3. The SMILES string of the molecule is CCOc1ccc2ccn(-c3c(/C=C/C(=O)O)c(C)nn3C)c2c1. The summed E-state index contributed by atoms with van der Waals surface area (Å²) >= 11 is 0. The van der Waals surface area contributed by atoms with Gasteiger partial charge in [-0.05, 0) is 38.1 Å². The van der Waals surface area contributed by atoms with Crippen LogP contribution in [0.15, 0.2) is 36.5 Å². The van der Waals surface area contributed by atoms with Gasteiger partial charge in [-0.15, -0.1) is 0 Å². The van der Waals surface area contributed by atoms with Gasteiger partial charge < -0.3 is 14.4 Å². The average Bonchev–Trinajstić information content (AvgIpc) is 3.05. The van der Waals surface area contributed by atoms with Crippen LogP contribution in [0.2, 0.25) is 0 Å². The molecule has 2 heterocycles. The Balaban J connectivity index is 2.20. The van der Waals surface area contributed by atoms with E-state index in [9.17, 15) is 4.79 Å². The van der Waals surface area contributed by atoms with Gasteiger partial charge in [0.15, 0.2) is 0 Å². The van der Waals surface area contributed by atoms with E-state index in [1.165, 1.54) is 0 Å². The molecule has 0 bridgehead atoms. The molecular weight excluding hydrogens is 306 g/mol. The highest BCUT2D eigenvalue weighted by Crippen LogP contribution is 2.28. The summed E-state index contributed by atoms with van der Waals surface area (Å²) in [5, 5.41) is 14.4. The number of aryl methyl sites for hydroxylation is 2. The third-order valence-electron chi connectivity index (χ3n) is 3.83. The second-order valence-corrected chi connectivity index (χ2v) is 5.46. The average molecular weight is 325 g/mol. The number of carboxylic acid groups (broad SMARTS) is 1. The maximum atomic E-state index is 10.9. The van der Waals surface area contributed by atoms with E-state index >= 15 is 0 Å². The highest BCUT2D eigenvalue weighted by Gasteiger charge is 2.15. The normalized spacial score (nSPS) is 11.5. The Morgan fingerprint density at radius 1 is 1.38 bits per heavy atom. The van der Waals surface area contributed by atoms with E-state index in [0.717, 1.165) is 39.8 Å². The summed E-state index contributed by atoms with van der Waals surface area (Å²) in [5.41, 5.74) is 2.53. The number of ether oxygens (including phenoxy) is 1. The number of carbonyl (C=O) groups is 1. The van der Waals surface area contributed by atoms with Gasteiger partial charge >= 0.3 is 5.97 Å². The van der Waals surface area contributed by atoms with Crippen molar-refractivity contribution in [1.29, 1.82) is 0 Å². The van der Waals surface area contributed by atoms with Crippen molar-refractivity contribution in [3.63, 3.8) is 0 Å². The number of carboxylic acids is 1. The molecule has 0 amide bonds. The van der Waals surface area contributed by atoms with Crippen LogP contribution in [0.1, 0.15) is 18.2 Å². The lowest BCUT2D eigenvalue weighted by Crippen LogP contribution is -2.03. The van der Waals surface area contributed by atoms with Gasteiger partial charge in [0.05, 0.1) is 17.8 Å². The fraction of sp³-hybridized carbons (Fsp3) is 0.222. The molecule has 3 aromatic rings. The topological polar surface area (TPSA) is 69.3 Å². The molecule has 0 radical (unpaired) electrons. The van der Waals surface area contributed by atoms with Crippen LogP contribution in [0.5, 0.6) is 5.75 Å². The van der Waals surface area contributed by atoms with Gasteiger partial charge in [0, 0.05) is 36.3 Å². The molecule has 1 N–H and O–H groups in total. The number of aliphatic carboxylic acids is 1. The predicted molar refractivity (Wildman–Crippen MR) is 92.6 cm³/mol. The molecule has 24 heavy (non-hydrogen) atoms. The molecule has 2 aromatic heterocycles. The van der Waals surface area contributed by atoms with E-state index in [2.05, 4.69) is 5.10 Å². The van der Waals surface area contributed by atoms with Crippen molar-refractivity contribution in [2.24, 2.45) is 7.05 Å². The molecule has 0 fully saturated rings. The Bertz CT molecular complexity index is 935. The Kier molecular flexibility index (Phi) is 4.12. The van der Waals surface area contributed by atoms with E-state index in [-0.39, 0.29) is 0 Å². The van der Waals surface area contributed by atoms with Gasteiger partial charge in [0.1, 0.15) is 11.6 Å². The molecule has 0 saturated carbocycles. The molecule has 0 saturated heterocycles. The van der Waals surface area contributed by atoms with Crippen molar-refractivity contribution in [1.82, 2.24) is 14.3 Å². The van der Waals surface area contributed by atoms with Crippen molar-refractivity contribution < 1.29 is 14.6 Å². The van der Waals surface area contributed by atoms with Gasteiger partial charge in [-0.25, -0.2) is 4.79 Å². The van der Waals surface area contributed by atoms with Crippen LogP contribution < -0.4 is 4.74 Å². The van der Waals surface area contributed by atoms with E-state index in [4.69, 9.17) is 9.84 Å². The van der Waals surface area contributed by atoms with Crippen molar-refractivity contribution in [2.75, 3.05) is 6.61 Å². The third kappa shape index (κ3) is 2.78. The van der Waals surface area contributed by atoms with Crippen molar-refractivity contribution in [2.45, 2.75) is 13.8 Å². The van der Waals surface area contributed by atoms with Gasteiger partial charge in [0.2, 0.25) is 0 Å². The van der Waals surface area contributed by atoms with Crippen LogP contribution in [0, 0.1) is 6.92 Å². The summed E-state index contributed by atoms with van der Waals surface area (Å²) in [7, 11) is 1.85. The Labute approximate surface area is 139 Å². The molecule has 0 aliphatic carbocycles. The highest BCUT2D eigenvalue weighted by molar-refractivity contribution is 5.87. The molecule has 124 valence electrons. The molecular formula is C18H19N3O3. The van der Waals surface area contributed by atoms with Crippen LogP contribution in [0.4, 0.5) is 0 Å². The smallest absolute Gasteiger partial charge is 0.328 e. The summed E-state index contributed by atoms with van der Waals surface area (Å²) in [6, 6.07) is 7.94. The van der Waals surface area contributed by atoms with Crippen LogP contribution in [0.3, 0.4) is 0 Å². The van der Waals surface area contributed by atoms with Gasteiger partial charge in [-0.3, -0.25) is 4.68 Å². The van der Waals surface area contributed by atoms with E-state index < -0.39 is 5.97 Å². The van der Waals surface area contributed by atoms with Crippen molar-refractivity contribution >= 4 is 22.9 Å². The molecule has 3 rings (SSSR count). The predicted octanol–water partition coefficient (Wildman–Crippen LogP) is 3.17. The lowest BCUT2D eigenvalue weighted by molar-refractivity contribution is -0.131. The zero-order chi connectivity index (χ0) is 17.3.